The average Bonchev–Trinajstić information content (AvgIpc) is 2.53. The van der Waals surface area contributed by atoms with Crippen molar-refractivity contribution in [1.82, 2.24) is 9.88 Å². The quantitative estimate of drug-likeness (QED) is 0.804. The molecule has 2 heterocycles. The lowest BCUT2D eigenvalue weighted by atomic mass is 10.2. The van der Waals surface area contributed by atoms with Gasteiger partial charge in [0.05, 0.1) is 12.3 Å². The van der Waals surface area contributed by atoms with Crippen LogP contribution in [0.25, 0.3) is 0 Å². The van der Waals surface area contributed by atoms with Crippen molar-refractivity contribution in [1.29, 1.82) is 0 Å². The Hall–Kier alpha value is -1.56. The highest BCUT2D eigenvalue weighted by Crippen LogP contribution is 2.22. The molecule has 1 aliphatic heterocycles. The molecule has 0 aromatic carbocycles. The van der Waals surface area contributed by atoms with Gasteiger partial charge in [-0.3, -0.25) is 14.5 Å². The Bertz CT molecular complexity index is 406. The molecule has 0 aliphatic carbocycles. The molecule has 2 amide bonds. The SMILES string of the molecule is Nc1ncccc1CN1C(=O)CSC1=O. The minimum Gasteiger partial charge on any atom is -0.383 e. The zero-order chi connectivity index (χ0) is 10.8. The number of hydrogen-bond acceptors (Lipinski definition) is 5. The number of anilines is 1. The van der Waals surface area contributed by atoms with E-state index in [1.54, 1.807) is 18.3 Å². The molecule has 0 bridgehead atoms. The van der Waals surface area contributed by atoms with E-state index in [4.69, 9.17) is 5.73 Å². The number of carbonyl (C=O) groups excluding carboxylic acids is 2. The summed E-state index contributed by atoms with van der Waals surface area (Å²) in [6.45, 7) is 0.213. The van der Waals surface area contributed by atoms with Gasteiger partial charge in [-0.05, 0) is 6.07 Å². The summed E-state index contributed by atoms with van der Waals surface area (Å²) in [6, 6.07) is 3.48. The molecule has 0 saturated carbocycles. The fourth-order valence-electron chi connectivity index (χ4n) is 1.29. The van der Waals surface area contributed by atoms with E-state index >= 15 is 0 Å². The highest BCUT2D eigenvalue weighted by Gasteiger charge is 2.30. The van der Waals surface area contributed by atoms with Crippen molar-refractivity contribution in [3.05, 3.63) is 23.9 Å². The first-order valence-electron chi connectivity index (χ1n) is 4.35. The molecular weight excluding hydrogens is 214 g/mol. The van der Waals surface area contributed by atoms with Gasteiger partial charge in [-0.15, -0.1) is 0 Å². The number of aromatic nitrogens is 1. The maximum atomic E-state index is 11.3. The molecule has 1 aromatic rings. The van der Waals surface area contributed by atoms with Crippen LogP contribution in [0.1, 0.15) is 5.56 Å². The van der Waals surface area contributed by atoms with Crippen LogP contribution in [0, 0.1) is 0 Å². The average molecular weight is 223 g/mol. The van der Waals surface area contributed by atoms with Crippen LogP contribution in [-0.2, 0) is 11.3 Å². The second-order valence-corrected chi connectivity index (χ2v) is 4.01. The Morgan fingerprint density at radius 3 is 2.93 bits per heavy atom. The van der Waals surface area contributed by atoms with Crippen molar-refractivity contribution in [3.63, 3.8) is 0 Å². The van der Waals surface area contributed by atoms with Crippen LogP contribution in [0.5, 0.6) is 0 Å². The molecule has 1 fully saturated rings. The lowest BCUT2D eigenvalue weighted by Gasteiger charge is -2.13. The van der Waals surface area contributed by atoms with Crippen molar-refractivity contribution in [2.75, 3.05) is 11.5 Å². The molecular formula is C9H9N3O2S. The molecule has 2 rings (SSSR count). The Kier molecular flexibility index (Phi) is 2.59. The van der Waals surface area contributed by atoms with Gasteiger partial charge in [0.2, 0.25) is 5.91 Å². The summed E-state index contributed by atoms with van der Waals surface area (Å²) < 4.78 is 0. The molecule has 0 atom stereocenters. The highest BCUT2D eigenvalue weighted by molar-refractivity contribution is 8.14. The van der Waals surface area contributed by atoms with Crippen LogP contribution in [0.15, 0.2) is 18.3 Å². The lowest BCUT2D eigenvalue weighted by molar-refractivity contribution is -0.125. The molecule has 78 valence electrons. The van der Waals surface area contributed by atoms with Gasteiger partial charge in [-0.25, -0.2) is 4.98 Å². The largest absolute Gasteiger partial charge is 0.383 e. The highest BCUT2D eigenvalue weighted by atomic mass is 32.2. The fourth-order valence-corrected chi connectivity index (χ4v) is 2.01. The van der Waals surface area contributed by atoms with Crippen LogP contribution in [0.4, 0.5) is 10.6 Å². The third-order valence-electron chi connectivity index (χ3n) is 2.10. The number of pyridine rings is 1. The number of amides is 2. The number of nitrogens with two attached hydrogens (primary N) is 1. The van der Waals surface area contributed by atoms with Crippen molar-refractivity contribution in [2.24, 2.45) is 0 Å². The van der Waals surface area contributed by atoms with E-state index in [9.17, 15) is 9.59 Å². The second-order valence-electron chi connectivity index (χ2n) is 3.08. The van der Waals surface area contributed by atoms with Crippen LogP contribution in [0.2, 0.25) is 0 Å². The van der Waals surface area contributed by atoms with Gasteiger partial charge < -0.3 is 5.73 Å². The number of nitrogen functional groups attached to an aromatic ring is 1. The van der Waals surface area contributed by atoms with Gasteiger partial charge in [0, 0.05) is 11.8 Å². The van der Waals surface area contributed by atoms with E-state index < -0.39 is 0 Å². The first-order chi connectivity index (χ1) is 7.18. The second kappa shape index (κ2) is 3.90. The number of hydrogen-bond donors (Lipinski definition) is 1. The smallest absolute Gasteiger partial charge is 0.289 e. The van der Waals surface area contributed by atoms with E-state index in [1.165, 1.54) is 4.90 Å². The molecule has 0 unspecified atom stereocenters. The Balaban J connectivity index is 2.18. The maximum absolute atomic E-state index is 11.3. The number of imide groups is 1. The summed E-state index contributed by atoms with van der Waals surface area (Å²) in [4.78, 5) is 27.7. The molecule has 0 spiro atoms. The minimum absolute atomic E-state index is 0.173. The number of rotatable bonds is 2. The van der Waals surface area contributed by atoms with Gasteiger partial charge in [0.1, 0.15) is 5.82 Å². The fraction of sp³-hybridized carbons (Fsp3) is 0.222. The number of thioether (sulfide) groups is 1. The van der Waals surface area contributed by atoms with Crippen LogP contribution in [-0.4, -0.2) is 26.8 Å². The van der Waals surface area contributed by atoms with Gasteiger partial charge in [0.25, 0.3) is 5.24 Å². The summed E-state index contributed by atoms with van der Waals surface area (Å²) in [5.41, 5.74) is 6.32. The van der Waals surface area contributed by atoms with Crippen LogP contribution < -0.4 is 5.73 Å². The standard InChI is InChI=1S/C9H9N3O2S/c10-8-6(2-1-3-11-8)4-12-7(13)5-15-9(12)14/h1-3H,4-5H2,(H2,10,11). The first-order valence-corrected chi connectivity index (χ1v) is 5.33. The molecule has 15 heavy (non-hydrogen) atoms. The Labute approximate surface area is 90.7 Å². The van der Waals surface area contributed by atoms with E-state index in [0.29, 0.717) is 11.4 Å². The zero-order valence-electron chi connectivity index (χ0n) is 7.84. The normalized spacial score (nSPS) is 16.1. The van der Waals surface area contributed by atoms with Gasteiger partial charge in [0.15, 0.2) is 0 Å². The molecule has 1 aromatic heterocycles. The summed E-state index contributed by atoms with van der Waals surface area (Å²) in [7, 11) is 0. The molecule has 5 nitrogen and oxygen atoms in total. The lowest BCUT2D eigenvalue weighted by Crippen LogP contribution is -2.28. The predicted octanol–water partition coefficient (Wildman–Crippen LogP) is 0.859. The molecule has 1 saturated heterocycles. The topological polar surface area (TPSA) is 76.3 Å². The van der Waals surface area contributed by atoms with E-state index in [0.717, 1.165) is 11.8 Å². The first kappa shape index (κ1) is 9.97. The van der Waals surface area contributed by atoms with Crippen molar-refractivity contribution < 1.29 is 9.59 Å². The van der Waals surface area contributed by atoms with E-state index in [-0.39, 0.29) is 23.4 Å². The van der Waals surface area contributed by atoms with Gasteiger partial charge >= 0.3 is 0 Å². The summed E-state index contributed by atoms with van der Waals surface area (Å²) in [5.74, 6) is 0.405. The maximum Gasteiger partial charge on any atom is 0.289 e. The Morgan fingerprint density at radius 2 is 2.33 bits per heavy atom. The van der Waals surface area contributed by atoms with E-state index in [1.807, 2.05) is 0 Å². The predicted molar refractivity (Wildman–Crippen MR) is 57.1 cm³/mol. The van der Waals surface area contributed by atoms with Crippen molar-refractivity contribution in [2.45, 2.75) is 6.54 Å². The summed E-state index contributed by atoms with van der Waals surface area (Å²) in [6.07, 6.45) is 1.57. The number of carbonyl (C=O) groups is 2. The molecule has 6 heteroatoms. The van der Waals surface area contributed by atoms with Crippen LogP contribution >= 0.6 is 11.8 Å². The third kappa shape index (κ3) is 1.94. The Morgan fingerprint density at radius 1 is 1.53 bits per heavy atom. The number of nitrogens with zero attached hydrogens (tertiary/aromatic N) is 2. The molecule has 0 radical (unpaired) electrons. The third-order valence-corrected chi connectivity index (χ3v) is 2.95. The van der Waals surface area contributed by atoms with Crippen LogP contribution in [0.3, 0.4) is 0 Å². The zero-order valence-corrected chi connectivity index (χ0v) is 8.66. The minimum atomic E-state index is -0.219. The molecule has 2 N–H and O–H groups in total. The summed E-state index contributed by atoms with van der Waals surface area (Å²) >= 11 is 1.01. The van der Waals surface area contributed by atoms with Gasteiger partial charge in [-0.1, -0.05) is 17.8 Å². The summed E-state index contributed by atoms with van der Waals surface area (Å²) in [5, 5.41) is -0.219. The van der Waals surface area contributed by atoms with Gasteiger partial charge in [-0.2, -0.15) is 0 Å². The van der Waals surface area contributed by atoms with Crippen molar-refractivity contribution >= 4 is 28.7 Å². The van der Waals surface area contributed by atoms with E-state index in [2.05, 4.69) is 4.98 Å². The van der Waals surface area contributed by atoms with Crippen molar-refractivity contribution in [3.8, 4) is 0 Å². The molecule has 1 aliphatic rings. The monoisotopic (exact) mass is 223 g/mol.